The highest BCUT2D eigenvalue weighted by Gasteiger charge is 2.09. The molecule has 2 aromatic rings. The lowest BCUT2D eigenvalue weighted by molar-refractivity contribution is 0.471. The first kappa shape index (κ1) is 14.5. The summed E-state index contributed by atoms with van der Waals surface area (Å²) >= 11 is 5.46. The highest BCUT2D eigenvalue weighted by atomic mass is 32.1. The monoisotopic (exact) mass is 288 g/mol. The van der Waals surface area contributed by atoms with Gasteiger partial charge in [-0.15, -0.1) is 0 Å². The van der Waals surface area contributed by atoms with E-state index in [2.05, 4.69) is 30.3 Å². The van der Waals surface area contributed by atoms with E-state index in [9.17, 15) is 0 Å². The van der Waals surface area contributed by atoms with Gasteiger partial charge in [-0.3, -0.25) is 4.68 Å². The second kappa shape index (κ2) is 6.52. The van der Waals surface area contributed by atoms with Crippen LogP contribution in [0.4, 0.5) is 5.69 Å². The smallest absolute Gasteiger partial charge is 0.173 e. The number of benzene rings is 1. The molecule has 0 unspecified atom stereocenters. The lowest BCUT2D eigenvalue weighted by Crippen LogP contribution is -2.31. The Morgan fingerprint density at radius 1 is 1.35 bits per heavy atom. The minimum absolute atomic E-state index is 0.711. The van der Waals surface area contributed by atoms with Crippen LogP contribution in [0.3, 0.4) is 0 Å². The number of thiocarbonyl (C=S) groups is 1. The van der Waals surface area contributed by atoms with Gasteiger partial charge in [-0.25, -0.2) is 0 Å². The predicted octanol–water partition coefficient (Wildman–Crippen LogP) is 3.04. The fourth-order valence-corrected chi connectivity index (χ4v) is 2.19. The molecule has 1 aromatic carbocycles. The van der Waals surface area contributed by atoms with Crippen LogP contribution in [0.15, 0.2) is 36.5 Å². The van der Waals surface area contributed by atoms with Gasteiger partial charge in [0.15, 0.2) is 5.11 Å². The first-order chi connectivity index (χ1) is 9.61. The predicted molar refractivity (Wildman–Crippen MR) is 86.8 cm³/mol. The third kappa shape index (κ3) is 3.36. The van der Waals surface area contributed by atoms with Crippen molar-refractivity contribution in [3.05, 3.63) is 47.8 Å². The minimum atomic E-state index is 0.711. The molecule has 0 aliphatic rings. The van der Waals surface area contributed by atoms with Crippen molar-refractivity contribution in [1.82, 2.24) is 14.7 Å². The Kier molecular flexibility index (Phi) is 4.74. The Hall–Kier alpha value is -1.88. The van der Waals surface area contributed by atoms with Crippen LogP contribution in [-0.2, 0) is 13.1 Å². The fourth-order valence-electron chi connectivity index (χ4n) is 2.02. The van der Waals surface area contributed by atoms with Crippen molar-refractivity contribution in [2.75, 3.05) is 12.4 Å². The van der Waals surface area contributed by atoms with Gasteiger partial charge in [0.1, 0.15) is 0 Å². The number of nitrogens with zero attached hydrogens (tertiary/aromatic N) is 3. The molecule has 0 fully saturated rings. The van der Waals surface area contributed by atoms with Crippen molar-refractivity contribution in [2.45, 2.75) is 26.9 Å². The summed E-state index contributed by atoms with van der Waals surface area (Å²) in [6.45, 7) is 5.76. The van der Waals surface area contributed by atoms with Crippen molar-refractivity contribution in [2.24, 2.45) is 0 Å². The number of anilines is 1. The average Bonchev–Trinajstić information content (AvgIpc) is 2.88. The molecule has 1 aromatic heterocycles. The Balaban J connectivity index is 2.01. The zero-order valence-corrected chi connectivity index (χ0v) is 12.9. The summed E-state index contributed by atoms with van der Waals surface area (Å²) in [6, 6.07) is 10.1. The van der Waals surface area contributed by atoms with E-state index in [0.29, 0.717) is 5.11 Å². The van der Waals surface area contributed by atoms with Gasteiger partial charge in [0.25, 0.3) is 0 Å². The Labute approximate surface area is 125 Å². The summed E-state index contributed by atoms with van der Waals surface area (Å²) in [5.41, 5.74) is 3.39. The van der Waals surface area contributed by atoms with E-state index in [0.717, 1.165) is 24.5 Å². The molecule has 2 rings (SSSR count). The van der Waals surface area contributed by atoms with E-state index in [1.54, 1.807) is 0 Å². The number of para-hydroxylation sites is 1. The van der Waals surface area contributed by atoms with Crippen LogP contribution in [0.5, 0.6) is 0 Å². The molecule has 4 nitrogen and oxygen atoms in total. The van der Waals surface area contributed by atoms with E-state index in [1.807, 2.05) is 47.1 Å². The molecule has 1 heterocycles. The van der Waals surface area contributed by atoms with E-state index < -0.39 is 0 Å². The van der Waals surface area contributed by atoms with Crippen molar-refractivity contribution < 1.29 is 0 Å². The zero-order valence-electron chi connectivity index (χ0n) is 12.1. The van der Waals surface area contributed by atoms with Gasteiger partial charge in [-0.2, -0.15) is 5.10 Å². The molecule has 0 spiro atoms. The Morgan fingerprint density at radius 2 is 2.10 bits per heavy atom. The van der Waals surface area contributed by atoms with Crippen LogP contribution >= 0.6 is 12.2 Å². The molecule has 0 atom stereocenters. The first-order valence-corrected chi connectivity index (χ1v) is 7.11. The molecular weight excluding hydrogens is 268 g/mol. The van der Waals surface area contributed by atoms with Crippen LogP contribution < -0.4 is 5.32 Å². The molecular formula is C15H20N4S. The quantitative estimate of drug-likeness (QED) is 0.877. The number of rotatable bonds is 4. The maximum absolute atomic E-state index is 5.46. The number of aryl methyl sites for hydroxylation is 2. The van der Waals surface area contributed by atoms with Gasteiger partial charge < -0.3 is 10.2 Å². The van der Waals surface area contributed by atoms with Gasteiger partial charge in [-0.1, -0.05) is 18.2 Å². The van der Waals surface area contributed by atoms with Crippen molar-refractivity contribution in [3.8, 4) is 0 Å². The average molecular weight is 288 g/mol. The van der Waals surface area contributed by atoms with E-state index in [-0.39, 0.29) is 0 Å². The third-order valence-corrected chi connectivity index (χ3v) is 3.65. The van der Waals surface area contributed by atoms with Gasteiger partial charge in [0, 0.05) is 25.5 Å². The van der Waals surface area contributed by atoms with Crippen LogP contribution in [0, 0.1) is 6.92 Å². The van der Waals surface area contributed by atoms with Crippen LogP contribution in [0.25, 0.3) is 0 Å². The first-order valence-electron chi connectivity index (χ1n) is 6.70. The Morgan fingerprint density at radius 3 is 2.80 bits per heavy atom. The summed E-state index contributed by atoms with van der Waals surface area (Å²) in [6.07, 6.45) is 1.82. The van der Waals surface area contributed by atoms with Gasteiger partial charge in [0.2, 0.25) is 0 Å². The second-order valence-electron chi connectivity index (χ2n) is 4.74. The summed E-state index contributed by atoms with van der Waals surface area (Å²) in [4.78, 5) is 2.02. The molecule has 0 aliphatic carbocycles. The Bertz CT molecular complexity index is 591. The van der Waals surface area contributed by atoms with Gasteiger partial charge in [-0.05, 0) is 43.8 Å². The molecule has 0 saturated carbocycles. The second-order valence-corrected chi connectivity index (χ2v) is 5.13. The zero-order chi connectivity index (χ0) is 14.5. The molecule has 0 radical (unpaired) electrons. The summed E-state index contributed by atoms with van der Waals surface area (Å²) in [7, 11) is 1.99. The number of hydrogen-bond acceptors (Lipinski definition) is 2. The molecule has 0 saturated heterocycles. The maximum Gasteiger partial charge on any atom is 0.173 e. The fraction of sp³-hybridized carbons (Fsp3) is 0.333. The number of nitrogens with one attached hydrogen (secondary N) is 1. The van der Waals surface area contributed by atoms with Crippen molar-refractivity contribution >= 4 is 23.0 Å². The molecule has 1 N–H and O–H groups in total. The van der Waals surface area contributed by atoms with Crippen LogP contribution in [0.1, 0.15) is 18.2 Å². The molecule has 20 heavy (non-hydrogen) atoms. The SMILES string of the molecule is CCn1nccc1CN(C)C(=S)Nc1ccccc1C. The van der Waals surface area contributed by atoms with E-state index in [1.165, 1.54) is 5.56 Å². The molecule has 5 heteroatoms. The topological polar surface area (TPSA) is 33.1 Å². The highest BCUT2D eigenvalue weighted by molar-refractivity contribution is 7.80. The molecule has 106 valence electrons. The summed E-state index contributed by atoms with van der Waals surface area (Å²) < 4.78 is 1.98. The number of hydrogen-bond donors (Lipinski definition) is 1. The lowest BCUT2D eigenvalue weighted by Gasteiger charge is -2.22. The van der Waals surface area contributed by atoms with Crippen molar-refractivity contribution in [3.63, 3.8) is 0 Å². The lowest BCUT2D eigenvalue weighted by atomic mass is 10.2. The van der Waals surface area contributed by atoms with Crippen molar-refractivity contribution in [1.29, 1.82) is 0 Å². The highest BCUT2D eigenvalue weighted by Crippen LogP contribution is 2.14. The van der Waals surface area contributed by atoms with Crippen LogP contribution in [0.2, 0.25) is 0 Å². The standard InChI is InChI=1S/C15H20N4S/c1-4-19-13(9-10-16-19)11-18(3)15(20)17-14-8-6-5-7-12(14)2/h5-10H,4,11H2,1-3H3,(H,17,20). The normalized spacial score (nSPS) is 10.3. The molecule has 0 bridgehead atoms. The molecule has 0 amide bonds. The summed E-state index contributed by atoms with van der Waals surface area (Å²) in [5.74, 6) is 0. The number of aromatic nitrogens is 2. The van der Waals surface area contributed by atoms with Gasteiger partial charge >= 0.3 is 0 Å². The third-order valence-electron chi connectivity index (χ3n) is 3.24. The summed E-state index contributed by atoms with van der Waals surface area (Å²) in [5, 5.41) is 8.27. The van der Waals surface area contributed by atoms with E-state index in [4.69, 9.17) is 12.2 Å². The van der Waals surface area contributed by atoms with Gasteiger partial charge in [0.05, 0.1) is 12.2 Å². The minimum Gasteiger partial charge on any atom is -0.346 e. The maximum atomic E-state index is 5.46. The largest absolute Gasteiger partial charge is 0.346 e. The van der Waals surface area contributed by atoms with Crippen LogP contribution in [-0.4, -0.2) is 26.8 Å². The van der Waals surface area contributed by atoms with E-state index >= 15 is 0 Å². The molecule has 0 aliphatic heterocycles.